The average Bonchev–Trinajstić information content (AvgIpc) is 2.98. The fourth-order valence-corrected chi connectivity index (χ4v) is 2.52. The van der Waals surface area contributed by atoms with Crippen molar-refractivity contribution in [2.75, 3.05) is 0 Å². The molecule has 2 atom stereocenters. The first-order valence-electron chi connectivity index (χ1n) is 5.96. The number of carboxylic acid groups (broad SMARTS) is 1. The van der Waals surface area contributed by atoms with E-state index in [0.29, 0.717) is 10.4 Å². The average molecular weight is 290 g/mol. The van der Waals surface area contributed by atoms with E-state index in [2.05, 4.69) is 5.32 Å². The number of thiophene rings is 1. The lowest BCUT2D eigenvalue weighted by atomic mass is 10.1. The predicted molar refractivity (Wildman–Crippen MR) is 76.2 cm³/mol. The molecule has 1 aromatic carbocycles. The Labute approximate surface area is 120 Å². The molecule has 5 nitrogen and oxygen atoms in total. The summed E-state index contributed by atoms with van der Waals surface area (Å²) in [6.07, 6.45) is 0. The third kappa shape index (κ3) is 3.23. The lowest BCUT2D eigenvalue weighted by molar-refractivity contribution is -0.142. The van der Waals surface area contributed by atoms with Crippen molar-refractivity contribution >= 4 is 23.2 Å². The van der Waals surface area contributed by atoms with Crippen LogP contribution >= 0.6 is 11.3 Å². The number of carboxylic acids is 1. The van der Waals surface area contributed by atoms with Gasteiger partial charge in [-0.15, -0.1) is 11.3 Å². The number of carbonyl (C=O) groups excluding carboxylic acids is 1. The number of nitrogens with one attached hydrogen (secondary N) is 1. The molecular weight excluding hydrogens is 276 g/mol. The van der Waals surface area contributed by atoms with Crippen LogP contribution in [0, 0.1) is 0 Å². The summed E-state index contributed by atoms with van der Waals surface area (Å²) in [5.74, 6) is -1.63. The van der Waals surface area contributed by atoms with Gasteiger partial charge in [0, 0.05) is 4.88 Å². The molecule has 0 spiro atoms. The van der Waals surface area contributed by atoms with Gasteiger partial charge in [0.15, 0.2) is 6.04 Å². The van der Waals surface area contributed by atoms with Crippen LogP contribution in [0.3, 0.4) is 0 Å². The monoisotopic (exact) mass is 290 g/mol. The molecule has 2 unspecified atom stereocenters. The molecule has 0 saturated heterocycles. The van der Waals surface area contributed by atoms with Crippen molar-refractivity contribution < 1.29 is 14.7 Å². The SMILES string of the molecule is NC(C(=O)NC(C(=O)O)c1cccs1)c1ccccc1. The highest BCUT2D eigenvalue weighted by atomic mass is 32.1. The molecule has 0 saturated carbocycles. The van der Waals surface area contributed by atoms with Crippen LogP contribution in [0.15, 0.2) is 47.8 Å². The normalized spacial score (nSPS) is 13.4. The van der Waals surface area contributed by atoms with Crippen LogP contribution in [0.25, 0.3) is 0 Å². The van der Waals surface area contributed by atoms with Gasteiger partial charge in [0.05, 0.1) is 0 Å². The third-order valence-corrected chi connectivity index (χ3v) is 3.74. The zero-order valence-corrected chi connectivity index (χ0v) is 11.3. The molecule has 0 aliphatic rings. The minimum absolute atomic E-state index is 0.517. The fraction of sp³-hybridized carbons (Fsp3) is 0.143. The van der Waals surface area contributed by atoms with Gasteiger partial charge in [-0.3, -0.25) is 4.79 Å². The van der Waals surface area contributed by atoms with Gasteiger partial charge >= 0.3 is 5.97 Å². The van der Waals surface area contributed by atoms with Crippen LogP contribution in [-0.2, 0) is 9.59 Å². The molecule has 2 rings (SSSR count). The maximum atomic E-state index is 12.1. The number of aliphatic carboxylic acids is 1. The first-order chi connectivity index (χ1) is 9.59. The molecule has 6 heteroatoms. The number of hydrogen-bond donors (Lipinski definition) is 3. The molecule has 1 heterocycles. The van der Waals surface area contributed by atoms with E-state index in [0.717, 1.165) is 0 Å². The van der Waals surface area contributed by atoms with Crippen molar-refractivity contribution in [1.29, 1.82) is 0 Å². The van der Waals surface area contributed by atoms with Crippen LogP contribution in [-0.4, -0.2) is 17.0 Å². The first kappa shape index (κ1) is 14.2. The summed E-state index contributed by atoms with van der Waals surface area (Å²) in [6.45, 7) is 0. The fourth-order valence-electron chi connectivity index (χ4n) is 1.75. The van der Waals surface area contributed by atoms with Crippen LogP contribution in [0.4, 0.5) is 0 Å². The first-order valence-corrected chi connectivity index (χ1v) is 6.84. The Hall–Kier alpha value is -2.18. The Morgan fingerprint density at radius 3 is 2.40 bits per heavy atom. The maximum absolute atomic E-state index is 12.1. The summed E-state index contributed by atoms with van der Waals surface area (Å²) in [7, 11) is 0. The van der Waals surface area contributed by atoms with E-state index in [-0.39, 0.29) is 0 Å². The van der Waals surface area contributed by atoms with Crippen molar-refractivity contribution in [2.45, 2.75) is 12.1 Å². The molecule has 0 aliphatic heterocycles. The number of hydrogen-bond acceptors (Lipinski definition) is 4. The van der Waals surface area contributed by atoms with Crippen molar-refractivity contribution in [3.63, 3.8) is 0 Å². The summed E-state index contributed by atoms with van der Waals surface area (Å²) in [5.41, 5.74) is 6.48. The lowest BCUT2D eigenvalue weighted by Gasteiger charge is -2.17. The highest BCUT2D eigenvalue weighted by Crippen LogP contribution is 2.20. The summed E-state index contributed by atoms with van der Waals surface area (Å²) >= 11 is 1.27. The molecule has 1 aromatic heterocycles. The minimum Gasteiger partial charge on any atom is -0.479 e. The quantitative estimate of drug-likeness (QED) is 0.781. The van der Waals surface area contributed by atoms with Crippen molar-refractivity contribution in [3.8, 4) is 0 Å². The molecule has 104 valence electrons. The molecule has 20 heavy (non-hydrogen) atoms. The second kappa shape index (κ2) is 6.31. The lowest BCUT2D eigenvalue weighted by Crippen LogP contribution is -2.39. The van der Waals surface area contributed by atoms with E-state index in [1.807, 2.05) is 6.07 Å². The summed E-state index contributed by atoms with van der Waals surface area (Å²) in [6, 6.07) is 10.3. The summed E-state index contributed by atoms with van der Waals surface area (Å²) < 4.78 is 0. The number of rotatable bonds is 5. The van der Waals surface area contributed by atoms with Gasteiger partial charge in [-0.25, -0.2) is 4.79 Å². The maximum Gasteiger partial charge on any atom is 0.331 e. The van der Waals surface area contributed by atoms with E-state index in [1.54, 1.807) is 41.8 Å². The highest BCUT2D eigenvalue weighted by Gasteiger charge is 2.26. The smallest absolute Gasteiger partial charge is 0.331 e. The Kier molecular flexibility index (Phi) is 4.49. The van der Waals surface area contributed by atoms with Crippen LogP contribution < -0.4 is 11.1 Å². The Morgan fingerprint density at radius 1 is 1.15 bits per heavy atom. The van der Waals surface area contributed by atoms with E-state index in [1.165, 1.54) is 11.3 Å². The minimum atomic E-state index is -1.11. The Balaban J connectivity index is 2.11. The Morgan fingerprint density at radius 2 is 1.85 bits per heavy atom. The topological polar surface area (TPSA) is 92.4 Å². The number of nitrogens with two attached hydrogens (primary N) is 1. The molecular formula is C14H14N2O3S. The van der Waals surface area contributed by atoms with Gasteiger partial charge in [-0.1, -0.05) is 36.4 Å². The van der Waals surface area contributed by atoms with Crippen LogP contribution in [0.2, 0.25) is 0 Å². The third-order valence-electron chi connectivity index (χ3n) is 2.80. The second-order valence-corrected chi connectivity index (χ2v) is 5.16. The highest BCUT2D eigenvalue weighted by molar-refractivity contribution is 7.10. The largest absolute Gasteiger partial charge is 0.479 e. The standard InChI is InChI=1S/C14H14N2O3S/c15-11(9-5-2-1-3-6-9)13(17)16-12(14(18)19)10-7-4-8-20-10/h1-8,11-12H,15H2,(H,16,17)(H,18,19). The van der Waals surface area contributed by atoms with Crippen molar-refractivity contribution in [2.24, 2.45) is 5.73 Å². The van der Waals surface area contributed by atoms with E-state index >= 15 is 0 Å². The molecule has 0 radical (unpaired) electrons. The molecule has 2 aromatic rings. The van der Waals surface area contributed by atoms with Gasteiger partial charge in [0.2, 0.25) is 5.91 Å². The summed E-state index contributed by atoms with van der Waals surface area (Å²) in [5, 5.41) is 13.4. The molecule has 0 fully saturated rings. The van der Waals surface area contributed by atoms with E-state index < -0.39 is 24.0 Å². The van der Waals surface area contributed by atoms with Gasteiger partial charge < -0.3 is 16.2 Å². The van der Waals surface area contributed by atoms with Gasteiger partial charge in [0.25, 0.3) is 0 Å². The zero-order chi connectivity index (χ0) is 14.5. The molecule has 0 bridgehead atoms. The van der Waals surface area contributed by atoms with Crippen LogP contribution in [0.1, 0.15) is 22.5 Å². The predicted octanol–water partition coefficient (Wildman–Crippen LogP) is 1.69. The molecule has 4 N–H and O–H groups in total. The van der Waals surface area contributed by atoms with E-state index in [4.69, 9.17) is 5.73 Å². The number of amides is 1. The zero-order valence-electron chi connectivity index (χ0n) is 10.5. The van der Waals surface area contributed by atoms with E-state index in [9.17, 15) is 14.7 Å². The summed E-state index contributed by atoms with van der Waals surface area (Å²) in [4.78, 5) is 23.9. The van der Waals surface area contributed by atoms with Crippen molar-refractivity contribution in [1.82, 2.24) is 5.32 Å². The van der Waals surface area contributed by atoms with Crippen molar-refractivity contribution in [3.05, 3.63) is 58.3 Å². The second-order valence-electron chi connectivity index (χ2n) is 4.18. The van der Waals surface area contributed by atoms with Gasteiger partial charge in [-0.05, 0) is 17.0 Å². The Bertz CT molecular complexity index is 584. The number of carbonyl (C=O) groups is 2. The van der Waals surface area contributed by atoms with Gasteiger partial charge in [0.1, 0.15) is 6.04 Å². The van der Waals surface area contributed by atoms with Gasteiger partial charge in [-0.2, -0.15) is 0 Å². The van der Waals surface area contributed by atoms with Crippen LogP contribution in [0.5, 0.6) is 0 Å². The number of benzene rings is 1. The molecule has 0 aliphatic carbocycles. The molecule has 1 amide bonds.